The molecule has 2 nitrogen and oxygen atoms in total. The summed E-state index contributed by atoms with van der Waals surface area (Å²) in [6.45, 7) is 0. The molecule has 1 atom stereocenters. The van der Waals surface area contributed by atoms with Gasteiger partial charge < -0.3 is 0 Å². The summed E-state index contributed by atoms with van der Waals surface area (Å²) in [4.78, 5) is 16.0. The van der Waals surface area contributed by atoms with E-state index in [0.29, 0.717) is 5.78 Å². The largest absolute Gasteiger partial charge is 0.299 e. The van der Waals surface area contributed by atoms with Crippen molar-refractivity contribution < 1.29 is 4.79 Å². The highest BCUT2D eigenvalue weighted by molar-refractivity contribution is 5.94. The number of fused-ring (bicyclic) bond motifs is 1. The first-order chi connectivity index (χ1) is 7.86. The molecule has 80 valence electrons. The Hall–Kier alpha value is -1.70. The number of ketones is 1. The third-order valence-electron chi connectivity index (χ3n) is 3.40. The number of hydrogen-bond acceptors (Lipinski definition) is 2. The average Bonchev–Trinajstić information content (AvgIpc) is 2.75. The van der Waals surface area contributed by atoms with Crippen LogP contribution in [0.4, 0.5) is 0 Å². The maximum absolute atomic E-state index is 11.8. The van der Waals surface area contributed by atoms with Crippen molar-refractivity contribution in [1.82, 2.24) is 4.98 Å². The number of pyridine rings is 1. The van der Waals surface area contributed by atoms with Crippen molar-refractivity contribution in [3.05, 3.63) is 42.2 Å². The van der Waals surface area contributed by atoms with E-state index in [0.717, 1.165) is 30.2 Å². The van der Waals surface area contributed by atoms with E-state index < -0.39 is 0 Å². The Bertz CT molecular complexity index is 542. The van der Waals surface area contributed by atoms with Crippen LogP contribution in [-0.2, 0) is 4.79 Å². The maximum Gasteiger partial charge on any atom is 0.140 e. The molecule has 1 heterocycles. The van der Waals surface area contributed by atoms with E-state index in [1.165, 1.54) is 5.39 Å². The molecule has 0 N–H and O–H groups in total. The van der Waals surface area contributed by atoms with E-state index in [9.17, 15) is 4.79 Å². The Morgan fingerprint density at radius 1 is 1.25 bits per heavy atom. The predicted octanol–water partition coefficient (Wildman–Crippen LogP) is 3.07. The molecule has 3 rings (SSSR count). The van der Waals surface area contributed by atoms with Gasteiger partial charge in [0.15, 0.2) is 0 Å². The number of carbonyl (C=O) groups is 1. The SMILES string of the molecule is O=C1CCCC1c1cccc2ccncc12. The lowest BCUT2D eigenvalue weighted by atomic mass is 9.93. The van der Waals surface area contributed by atoms with E-state index in [1.807, 2.05) is 18.3 Å². The van der Waals surface area contributed by atoms with Gasteiger partial charge in [0.2, 0.25) is 0 Å². The van der Waals surface area contributed by atoms with Gasteiger partial charge >= 0.3 is 0 Å². The molecule has 1 aromatic heterocycles. The van der Waals surface area contributed by atoms with E-state index >= 15 is 0 Å². The van der Waals surface area contributed by atoms with Crippen LogP contribution >= 0.6 is 0 Å². The summed E-state index contributed by atoms with van der Waals surface area (Å²) in [6.07, 6.45) is 6.42. The van der Waals surface area contributed by atoms with Crippen LogP contribution in [0, 0.1) is 0 Å². The molecule has 2 heteroatoms. The Morgan fingerprint density at radius 3 is 3.00 bits per heavy atom. The fraction of sp³-hybridized carbons (Fsp3) is 0.286. The van der Waals surface area contributed by atoms with Crippen molar-refractivity contribution in [2.24, 2.45) is 0 Å². The van der Waals surface area contributed by atoms with E-state index in [2.05, 4.69) is 17.1 Å². The quantitative estimate of drug-likeness (QED) is 0.725. The van der Waals surface area contributed by atoms with Gasteiger partial charge in [-0.2, -0.15) is 0 Å². The fourth-order valence-corrected chi connectivity index (χ4v) is 2.59. The zero-order valence-corrected chi connectivity index (χ0v) is 9.02. The number of aromatic nitrogens is 1. The van der Waals surface area contributed by atoms with Gasteiger partial charge in [0.05, 0.1) is 0 Å². The van der Waals surface area contributed by atoms with Gasteiger partial charge in [-0.15, -0.1) is 0 Å². The van der Waals surface area contributed by atoms with Crippen LogP contribution in [0.25, 0.3) is 10.8 Å². The third kappa shape index (κ3) is 1.42. The second kappa shape index (κ2) is 3.71. The number of benzene rings is 1. The first-order valence-corrected chi connectivity index (χ1v) is 5.71. The Labute approximate surface area is 94.3 Å². The predicted molar refractivity (Wildman–Crippen MR) is 63.3 cm³/mol. The summed E-state index contributed by atoms with van der Waals surface area (Å²) in [5.74, 6) is 0.490. The van der Waals surface area contributed by atoms with Gasteiger partial charge in [-0.25, -0.2) is 0 Å². The molecule has 0 saturated heterocycles. The highest BCUT2D eigenvalue weighted by Gasteiger charge is 2.26. The molecule has 1 aliphatic carbocycles. The number of nitrogens with zero attached hydrogens (tertiary/aromatic N) is 1. The summed E-state index contributed by atoms with van der Waals surface area (Å²) in [5, 5.41) is 2.30. The summed E-state index contributed by atoms with van der Waals surface area (Å²) < 4.78 is 0. The Morgan fingerprint density at radius 2 is 2.19 bits per heavy atom. The summed E-state index contributed by atoms with van der Waals surface area (Å²) in [5.41, 5.74) is 1.16. The van der Waals surface area contributed by atoms with Crippen LogP contribution in [0.2, 0.25) is 0 Å². The monoisotopic (exact) mass is 211 g/mol. The highest BCUT2D eigenvalue weighted by atomic mass is 16.1. The molecular weight excluding hydrogens is 198 g/mol. The first-order valence-electron chi connectivity index (χ1n) is 5.71. The minimum Gasteiger partial charge on any atom is -0.299 e. The van der Waals surface area contributed by atoms with Gasteiger partial charge in [-0.05, 0) is 29.9 Å². The lowest BCUT2D eigenvalue weighted by Gasteiger charge is -2.11. The van der Waals surface area contributed by atoms with Crippen molar-refractivity contribution >= 4 is 16.6 Å². The smallest absolute Gasteiger partial charge is 0.140 e. The number of Topliss-reactive ketones (excluding diaryl/α,β-unsaturated/α-hetero) is 1. The van der Waals surface area contributed by atoms with E-state index in [-0.39, 0.29) is 5.92 Å². The number of hydrogen-bond donors (Lipinski definition) is 0. The molecule has 1 aliphatic rings. The van der Waals surface area contributed by atoms with Crippen molar-refractivity contribution in [1.29, 1.82) is 0 Å². The summed E-state index contributed by atoms with van der Waals surface area (Å²) in [6, 6.07) is 8.17. The topological polar surface area (TPSA) is 30.0 Å². The van der Waals surface area contributed by atoms with Crippen molar-refractivity contribution in [3.63, 3.8) is 0 Å². The Kier molecular flexibility index (Phi) is 2.21. The van der Waals surface area contributed by atoms with Gasteiger partial charge in [0.25, 0.3) is 0 Å². The molecule has 0 bridgehead atoms. The van der Waals surface area contributed by atoms with Crippen molar-refractivity contribution in [2.45, 2.75) is 25.2 Å². The van der Waals surface area contributed by atoms with Gasteiger partial charge in [0.1, 0.15) is 5.78 Å². The van der Waals surface area contributed by atoms with Crippen molar-refractivity contribution in [2.75, 3.05) is 0 Å². The van der Waals surface area contributed by atoms with Gasteiger partial charge in [0, 0.05) is 30.1 Å². The average molecular weight is 211 g/mol. The lowest BCUT2D eigenvalue weighted by Crippen LogP contribution is -2.04. The molecule has 0 amide bonds. The summed E-state index contributed by atoms with van der Waals surface area (Å²) >= 11 is 0. The van der Waals surface area contributed by atoms with Crippen LogP contribution in [-0.4, -0.2) is 10.8 Å². The van der Waals surface area contributed by atoms with E-state index in [1.54, 1.807) is 6.20 Å². The molecule has 0 spiro atoms. The molecule has 1 fully saturated rings. The second-order valence-corrected chi connectivity index (χ2v) is 4.36. The fourth-order valence-electron chi connectivity index (χ4n) is 2.59. The van der Waals surface area contributed by atoms with Crippen molar-refractivity contribution in [3.8, 4) is 0 Å². The zero-order valence-electron chi connectivity index (χ0n) is 9.02. The number of carbonyl (C=O) groups excluding carboxylic acids is 1. The molecular formula is C14H13NO. The normalized spacial score (nSPS) is 20.5. The third-order valence-corrected chi connectivity index (χ3v) is 3.40. The zero-order chi connectivity index (χ0) is 11.0. The van der Waals surface area contributed by atoms with E-state index in [4.69, 9.17) is 0 Å². The van der Waals surface area contributed by atoms with Crippen LogP contribution in [0.1, 0.15) is 30.7 Å². The molecule has 1 saturated carbocycles. The second-order valence-electron chi connectivity index (χ2n) is 4.36. The molecule has 0 aliphatic heterocycles. The molecule has 1 unspecified atom stereocenters. The molecule has 1 aromatic carbocycles. The molecule has 2 aromatic rings. The summed E-state index contributed by atoms with van der Waals surface area (Å²) in [7, 11) is 0. The highest BCUT2D eigenvalue weighted by Crippen LogP contribution is 2.34. The first kappa shape index (κ1) is 9.52. The van der Waals surface area contributed by atoms with Gasteiger partial charge in [-0.3, -0.25) is 9.78 Å². The lowest BCUT2D eigenvalue weighted by molar-refractivity contribution is -0.118. The molecule has 16 heavy (non-hydrogen) atoms. The van der Waals surface area contributed by atoms with Crippen LogP contribution in [0.15, 0.2) is 36.7 Å². The number of rotatable bonds is 1. The Balaban J connectivity index is 2.19. The minimum absolute atomic E-state index is 0.105. The molecule has 0 radical (unpaired) electrons. The van der Waals surface area contributed by atoms with Gasteiger partial charge in [-0.1, -0.05) is 18.2 Å². The van der Waals surface area contributed by atoms with Crippen LogP contribution in [0.3, 0.4) is 0 Å². The van der Waals surface area contributed by atoms with Crippen LogP contribution in [0.5, 0.6) is 0 Å². The minimum atomic E-state index is 0.105. The maximum atomic E-state index is 11.8. The van der Waals surface area contributed by atoms with Crippen LogP contribution < -0.4 is 0 Å². The standard InChI is InChI=1S/C14H13NO/c16-14-6-2-5-12(14)11-4-1-3-10-7-8-15-9-13(10)11/h1,3-4,7-9,12H,2,5-6H2.